The topological polar surface area (TPSA) is 58.6 Å². The average molecular weight is 284 g/mol. The van der Waals surface area contributed by atoms with Gasteiger partial charge in [-0.25, -0.2) is 8.42 Å². The number of rotatable bonds is 5. The molecule has 1 aliphatic rings. The third kappa shape index (κ3) is 3.54. The number of ether oxygens (including phenoxy) is 1. The first kappa shape index (κ1) is 14.5. The lowest BCUT2D eigenvalue weighted by Crippen LogP contribution is -2.46. The Labute approximate surface area is 114 Å². The summed E-state index contributed by atoms with van der Waals surface area (Å²) in [5.41, 5.74) is 1.08. The first-order valence-electron chi connectivity index (χ1n) is 6.43. The van der Waals surface area contributed by atoms with Gasteiger partial charge < -0.3 is 10.1 Å². The first-order chi connectivity index (χ1) is 9.14. The van der Waals surface area contributed by atoms with Crippen molar-refractivity contribution in [3.05, 3.63) is 29.8 Å². The Kier molecular flexibility index (Phi) is 4.93. The molecule has 0 amide bonds. The second-order valence-corrected chi connectivity index (χ2v) is 6.48. The van der Waals surface area contributed by atoms with Gasteiger partial charge in [-0.05, 0) is 24.1 Å². The lowest BCUT2D eigenvalue weighted by Gasteiger charge is -2.26. The summed E-state index contributed by atoms with van der Waals surface area (Å²) in [6, 6.07) is 7.08. The predicted octanol–water partition coefficient (Wildman–Crippen LogP) is 0.469. The number of benzene rings is 1. The highest BCUT2D eigenvalue weighted by atomic mass is 32.2. The molecule has 1 aliphatic heterocycles. The van der Waals surface area contributed by atoms with Gasteiger partial charge in [0, 0.05) is 33.3 Å². The van der Waals surface area contributed by atoms with Crippen LogP contribution in [0.25, 0.3) is 0 Å². The molecule has 2 rings (SSSR count). The van der Waals surface area contributed by atoms with Crippen LogP contribution in [-0.2, 0) is 21.2 Å². The summed E-state index contributed by atoms with van der Waals surface area (Å²) in [7, 11) is -1.68. The van der Waals surface area contributed by atoms with E-state index < -0.39 is 10.0 Å². The van der Waals surface area contributed by atoms with E-state index in [0.717, 1.165) is 12.0 Å². The molecule has 0 bridgehead atoms. The Morgan fingerprint density at radius 2 is 1.84 bits per heavy atom. The van der Waals surface area contributed by atoms with Crippen LogP contribution in [0.2, 0.25) is 0 Å². The summed E-state index contributed by atoms with van der Waals surface area (Å²) in [6.07, 6.45) is 0.796. The summed E-state index contributed by atoms with van der Waals surface area (Å²) >= 11 is 0. The van der Waals surface area contributed by atoms with Crippen molar-refractivity contribution >= 4 is 10.0 Å². The predicted molar refractivity (Wildman–Crippen MR) is 73.7 cm³/mol. The van der Waals surface area contributed by atoms with Gasteiger partial charge in [0.25, 0.3) is 0 Å². The fraction of sp³-hybridized carbons (Fsp3) is 0.538. The fourth-order valence-corrected chi connectivity index (χ4v) is 3.52. The van der Waals surface area contributed by atoms with Crippen molar-refractivity contribution in [2.45, 2.75) is 11.3 Å². The van der Waals surface area contributed by atoms with Gasteiger partial charge in [0.05, 0.1) is 11.5 Å². The van der Waals surface area contributed by atoms with E-state index in [-0.39, 0.29) is 0 Å². The molecule has 106 valence electrons. The molecule has 0 radical (unpaired) electrons. The Morgan fingerprint density at radius 3 is 2.42 bits per heavy atom. The zero-order valence-corrected chi connectivity index (χ0v) is 11.9. The van der Waals surface area contributed by atoms with E-state index in [0.29, 0.717) is 37.7 Å². The molecule has 1 aromatic rings. The zero-order valence-electron chi connectivity index (χ0n) is 11.1. The van der Waals surface area contributed by atoms with Crippen molar-refractivity contribution in [2.24, 2.45) is 0 Å². The maximum absolute atomic E-state index is 12.4. The van der Waals surface area contributed by atoms with E-state index in [2.05, 4.69) is 5.32 Å². The smallest absolute Gasteiger partial charge is 0.243 e. The minimum Gasteiger partial charge on any atom is -0.384 e. The van der Waals surface area contributed by atoms with Crippen molar-refractivity contribution in [2.75, 3.05) is 39.9 Å². The Balaban J connectivity index is 2.11. The zero-order chi connectivity index (χ0) is 13.7. The van der Waals surface area contributed by atoms with Crippen molar-refractivity contribution in [3.63, 3.8) is 0 Å². The van der Waals surface area contributed by atoms with Crippen molar-refractivity contribution in [3.8, 4) is 0 Å². The monoisotopic (exact) mass is 284 g/mol. The maximum atomic E-state index is 12.4. The molecule has 0 unspecified atom stereocenters. The SMILES string of the molecule is COCCc1ccc(S(=O)(=O)N2CCNCC2)cc1. The highest BCUT2D eigenvalue weighted by Crippen LogP contribution is 2.17. The molecule has 1 saturated heterocycles. The van der Waals surface area contributed by atoms with Gasteiger partial charge in [-0.2, -0.15) is 4.31 Å². The number of hydrogen-bond acceptors (Lipinski definition) is 4. The van der Waals surface area contributed by atoms with Crippen molar-refractivity contribution < 1.29 is 13.2 Å². The molecule has 0 atom stereocenters. The molecule has 6 heteroatoms. The molecule has 0 saturated carbocycles. The van der Waals surface area contributed by atoms with Crippen LogP contribution in [0.15, 0.2) is 29.2 Å². The van der Waals surface area contributed by atoms with Crippen LogP contribution in [0, 0.1) is 0 Å². The molecule has 1 fully saturated rings. The molecular formula is C13H20N2O3S. The van der Waals surface area contributed by atoms with Crippen LogP contribution in [0.5, 0.6) is 0 Å². The van der Waals surface area contributed by atoms with Gasteiger partial charge in [-0.15, -0.1) is 0 Å². The molecule has 0 aliphatic carbocycles. The van der Waals surface area contributed by atoms with Gasteiger partial charge >= 0.3 is 0 Å². The largest absolute Gasteiger partial charge is 0.384 e. The van der Waals surface area contributed by atoms with Gasteiger partial charge in [0.15, 0.2) is 0 Å². The van der Waals surface area contributed by atoms with Crippen LogP contribution in [-0.4, -0.2) is 52.6 Å². The molecule has 0 spiro atoms. The lowest BCUT2D eigenvalue weighted by molar-refractivity contribution is 0.202. The van der Waals surface area contributed by atoms with Crippen LogP contribution in [0.4, 0.5) is 0 Å². The summed E-state index contributed by atoms with van der Waals surface area (Å²) in [5, 5.41) is 3.15. The summed E-state index contributed by atoms with van der Waals surface area (Å²) in [6.45, 7) is 3.14. The molecular weight excluding hydrogens is 264 g/mol. The molecule has 5 nitrogen and oxygen atoms in total. The maximum Gasteiger partial charge on any atom is 0.243 e. The molecule has 1 heterocycles. The Hall–Kier alpha value is -0.950. The molecule has 1 N–H and O–H groups in total. The van der Waals surface area contributed by atoms with E-state index in [4.69, 9.17) is 4.74 Å². The summed E-state index contributed by atoms with van der Waals surface area (Å²) < 4.78 is 31.3. The van der Waals surface area contributed by atoms with E-state index >= 15 is 0 Å². The fourth-order valence-electron chi connectivity index (χ4n) is 2.08. The van der Waals surface area contributed by atoms with E-state index in [1.165, 1.54) is 4.31 Å². The lowest BCUT2D eigenvalue weighted by atomic mass is 10.2. The highest BCUT2D eigenvalue weighted by molar-refractivity contribution is 7.89. The number of methoxy groups -OCH3 is 1. The number of sulfonamides is 1. The standard InChI is InChI=1S/C13H20N2O3S/c1-18-11-6-12-2-4-13(5-3-12)19(16,17)15-9-7-14-8-10-15/h2-5,14H,6-11H2,1H3. The second-order valence-electron chi connectivity index (χ2n) is 4.54. The van der Waals surface area contributed by atoms with Gasteiger partial charge in [-0.1, -0.05) is 12.1 Å². The van der Waals surface area contributed by atoms with Crippen LogP contribution in [0.1, 0.15) is 5.56 Å². The molecule has 1 aromatic carbocycles. The number of nitrogens with zero attached hydrogens (tertiary/aromatic N) is 1. The highest BCUT2D eigenvalue weighted by Gasteiger charge is 2.25. The summed E-state index contributed by atoms with van der Waals surface area (Å²) in [5.74, 6) is 0. The Morgan fingerprint density at radius 1 is 1.21 bits per heavy atom. The number of hydrogen-bond donors (Lipinski definition) is 1. The summed E-state index contributed by atoms with van der Waals surface area (Å²) in [4.78, 5) is 0.371. The Bertz CT molecular complexity index is 493. The van der Waals surface area contributed by atoms with Crippen LogP contribution >= 0.6 is 0 Å². The molecule has 19 heavy (non-hydrogen) atoms. The van der Waals surface area contributed by atoms with E-state index in [1.54, 1.807) is 19.2 Å². The normalized spacial score (nSPS) is 17.5. The van der Waals surface area contributed by atoms with E-state index in [1.807, 2.05) is 12.1 Å². The van der Waals surface area contributed by atoms with Gasteiger partial charge in [-0.3, -0.25) is 0 Å². The minimum absolute atomic E-state index is 0.371. The van der Waals surface area contributed by atoms with Crippen molar-refractivity contribution in [1.82, 2.24) is 9.62 Å². The van der Waals surface area contributed by atoms with Crippen LogP contribution < -0.4 is 5.32 Å². The minimum atomic E-state index is -3.34. The quantitative estimate of drug-likeness (QED) is 0.854. The van der Waals surface area contributed by atoms with Crippen LogP contribution in [0.3, 0.4) is 0 Å². The van der Waals surface area contributed by atoms with E-state index in [9.17, 15) is 8.42 Å². The van der Waals surface area contributed by atoms with Crippen molar-refractivity contribution in [1.29, 1.82) is 0 Å². The van der Waals surface area contributed by atoms with Gasteiger partial charge in [0.2, 0.25) is 10.0 Å². The number of piperazine rings is 1. The molecule has 0 aromatic heterocycles. The first-order valence-corrected chi connectivity index (χ1v) is 7.87. The third-order valence-electron chi connectivity index (χ3n) is 3.23. The average Bonchev–Trinajstić information content (AvgIpc) is 2.46. The number of nitrogens with one attached hydrogen (secondary N) is 1. The second kappa shape index (κ2) is 6.47. The third-order valence-corrected chi connectivity index (χ3v) is 5.14. The van der Waals surface area contributed by atoms with Gasteiger partial charge in [0.1, 0.15) is 0 Å².